The molecule has 2 aliphatic rings. The Bertz CT molecular complexity index is 789. The topological polar surface area (TPSA) is 81.8 Å². The molecule has 2 aliphatic heterocycles. The molecule has 8 nitrogen and oxygen atoms in total. The standard InChI is InChI=1S/C20H27N5O3/c26-19(6-5-18-21-16-3-1-2-4-17(16)22-18)24-7-9-25(10-8-24)20(27)15-23-11-13-28-14-12-23/h1-4H,5-15H2,(H,21,22). The number of para-hydroxylation sites is 2. The molecule has 0 spiro atoms. The first-order valence-corrected chi connectivity index (χ1v) is 9.98. The van der Waals surface area contributed by atoms with E-state index in [-0.39, 0.29) is 11.8 Å². The molecule has 1 N–H and O–H groups in total. The molecule has 1 aromatic heterocycles. The molecule has 0 radical (unpaired) electrons. The quantitative estimate of drug-likeness (QED) is 0.811. The van der Waals surface area contributed by atoms with Crippen molar-refractivity contribution in [2.24, 2.45) is 0 Å². The Balaban J connectivity index is 1.21. The second-order valence-electron chi connectivity index (χ2n) is 7.35. The highest BCUT2D eigenvalue weighted by molar-refractivity contribution is 5.80. The van der Waals surface area contributed by atoms with Crippen molar-refractivity contribution in [2.75, 3.05) is 59.0 Å². The van der Waals surface area contributed by atoms with Crippen LogP contribution < -0.4 is 0 Å². The number of piperazine rings is 1. The van der Waals surface area contributed by atoms with Gasteiger partial charge in [-0.15, -0.1) is 0 Å². The number of fused-ring (bicyclic) bond motifs is 1. The predicted molar refractivity (Wildman–Crippen MR) is 105 cm³/mol. The van der Waals surface area contributed by atoms with E-state index in [1.807, 2.05) is 34.1 Å². The smallest absolute Gasteiger partial charge is 0.236 e. The van der Waals surface area contributed by atoms with Crippen LogP contribution in [0.1, 0.15) is 12.2 Å². The number of nitrogens with one attached hydrogen (secondary N) is 1. The molecule has 2 aromatic rings. The fraction of sp³-hybridized carbons (Fsp3) is 0.550. The summed E-state index contributed by atoms with van der Waals surface area (Å²) in [5.41, 5.74) is 1.93. The molecule has 2 amide bonds. The molecule has 0 bridgehead atoms. The number of nitrogens with zero attached hydrogens (tertiary/aromatic N) is 4. The summed E-state index contributed by atoms with van der Waals surface area (Å²) >= 11 is 0. The van der Waals surface area contributed by atoms with Gasteiger partial charge in [-0.2, -0.15) is 0 Å². The van der Waals surface area contributed by atoms with E-state index in [1.165, 1.54) is 0 Å². The highest BCUT2D eigenvalue weighted by atomic mass is 16.5. The van der Waals surface area contributed by atoms with Gasteiger partial charge in [-0.1, -0.05) is 12.1 Å². The molecule has 0 unspecified atom stereocenters. The molecule has 8 heteroatoms. The van der Waals surface area contributed by atoms with Crippen molar-refractivity contribution in [3.63, 3.8) is 0 Å². The summed E-state index contributed by atoms with van der Waals surface area (Å²) in [5, 5.41) is 0. The summed E-state index contributed by atoms with van der Waals surface area (Å²) in [4.78, 5) is 38.7. The maximum atomic E-state index is 12.5. The molecule has 4 rings (SSSR count). The van der Waals surface area contributed by atoms with Crippen LogP contribution in [0.15, 0.2) is 24.3 Å². The zero-order chi connectivity index (χ0) is 19.3. The van der Waals surface area contributed by atoms with Crippen LogP contribution in [-0.2, 0) is 20.7 Å². The van der Waals surface area contributed by atoms with Crippen molar-refractivity contribution in [3.8, 4) is 0 Å². The van der Waals surface area contributed by atoms with Gasteiger partial charge in [0.25, 0.3) is 0 Å². The van der Waals surface area contributed by atoms with Crippen LogP contribution in [0.3, 0.4) is 0 Å². The number of morpholine rings is 1. The second-order valence-corrected chi connectivity index (χ2v) is 7.35. The van der Waals surface area contributed by atoms with Crippen LogP contribution in [0, 0.1) is 0 Å². The van der Waals surface area contributed by atoms with Crippen molar-refractivity contribution in [2.45, 2.75) is 12.8 Å². The Morgan fingerprint density at radius 1 is 0.964 bits per heavy atom. The number of carbonyl (C=O) groups is 2. The number of carbonyl (C=O) groups excluding carboxylic acids is 2. The van der Waals surface area contributed by atoms with Crippen molar-refractivity contribution >= 4 is 22.8 Å². The Kier molecular flexibility index (Phi) is 5.87. The number of rotatable bonds is 5. The Morgan fingerprint density at radius 2 is 1.64 bits per heavy atom. The lowest BCUT2D eigenvalue weighted by atomic mass is 10.2. The minimum absolute atomic E-state index is 0.126. The van der Waals surface area contributed by atoms with E-state index < -0.39 is 0 Å². The monoisotopic (exact) mass is 385 g/mol. The molecule has 3 heterocycles. The third kappa shape index (κ3) is 4.51. The van der Waals surface area contributed by atoms with Gasteiger partial charge >= 0.3 is 0 Å². The first kappa shape index (κ1) is 18.9. The molecule has 1 aromatic carbocycles. The van der Waals surface area contributed by atoms with Gasteiger partial charge < -0.3 is 19.5 Å². The number of hydrogen-bond acceptors (Lipinski definition) is 5. The molecular weight excluding hydrogens is 358 g/mol. The number of imidazole rings is 1. The van der Waals surface area contributed by atoms with Gasteiger partial charge in [0.05, 0.1) is 30.8 Å². The molecule has 2 fully saturated rings. The average molecular weight is 385 g/mol. The number of amides is 2. The highest BCUT2D eigenvalue weighted by Crippen LogP contribution is 2.12. The number of aryl methyl sites for hydroxylation is 1. The second kappa shape index (κ2) is 8.70. The lowest BCUT2D eigenvalue weighted by Crippen LogP contribution is -2.53. The fourth-order valence-electron chi connectivity index (χ4n) is 3.76. The van der Waals surface area contributed by atoms with E-state index >= 15 is 0 Å². The normalized spacial score (nSPS) is 18.6. The van der Waals surface area contributed by atoms with Crippen LogP contribution in [0.4, 0.5) is 0 Å². The summed E-state index contributed by atoms with van der Waals surface area (Å²) in [6.07, 6.45) is 1.03. The van der Waals surface area contributed by atoms with Crippen LogP contribution in [0.2, 0.25) is 0 Å². The number of hydrogen-bond donors (Lipinski definition) is 1. The number of H-pyrrole nitrogens is 1. The van der Waals surface area contributed by atoms with Gasteiger partial charge in [-0.3, -0.25) is 14.5 Å². The van der Waals surface area contributed by atoms with Crippen molar-refractivity contribution in [3.05, 3.63) is 30.1 Å². The molecule has 0 saturated carbocycles. The first-order chi connectivity index (χ1) is 13.7. The van der Waals surface area contributed by atoms with E-state index in [2.05, 4.69) is 14.9 Å². The maximum absolute atomic E-state index is 12.5. The van der Waals surface area contributed by atoms with Crippen LogP contribution in [-0.4, -0.2) is 95.5 Å². The zero-order valence-corrected chi connectivity index (χ0v) is 16.1. The van der Waals surface area contributed by atoms with Crippen LogP contribution in [0.25, 0.3) is 11.0 Å². The molecule has 0 aliphatic carbocycles. The summed E-state index contributed by atoms with van der Waals surface area (Å²) in [6.45, 7) is 5.89. The zero-order valence-electron chi connectivity index (χ0n) is 16.1. The van der Waals surface area contributed by atoms with Crippen LogP contribution in [0.5, 0.6) is 0 Å². The van der Waals surface area contributed by atoms with Gasteiger partial charge in [-0.25, -0.2) is 4.98 Å². The Morgan fingerprint density at radius 3 is 2.36 bits per heavy atom. The fourth-order valence-corrected chi connectivity index (χ4v) is 3.76. The highest BCUT2D eigenvalue weighted by Gasteiger charge is 2.25. The minimum Gasteiger partial charge on any atom is -0.379 e. The maximum Gasteiger partial charge on any atom is 0.236 e. The SMILES string of the molecule is O=C(CCc1nc2ccccc2[nH]1)N1CCN(C(=O)CN2CCOCC2)CC1. The van der Waals surface area contributed by atoms with Crippen molar-refractivity contribution < 1.29 is 14.3 Å². The molecule has 0 atom stereocenters. The van der Waals surface area contributed by atoms with E-state index in [0.29, 0.717) is 58.8 Å². The van der Waals surface area contributed by atoms with Gasteiger partial charge in [0.2, 0.25) is 11.8 Å². The van der Waals surface area contributed by atoms with Crippen LogP contribution >= 0.6 is 0 Å². The number of ether oxygens (including phenoxy) is 1. The number of aromatic amines is 1. The lowest BCUT2D eigenvalue weighted by Gasteiger charge is -2.36. The average Bonchev–Trinajstić information content (AvgIpc) is 3.16. The largest absolute Gasteiger partial charge is 0.379 e. The van der Waals surface area contributed by atoms with Gasteiger partial charge in [0.1, 0.15) is 5.82 Å². The summed E-state index contributed by atoms with van der Waals surface area (Å²) in [7, 11) is 0. The molecule has 28 heavy (non-hydrogen) atoms. The van der Waals surface area contributed by atoms with E-state index in [1.54, 1.807) is 0 Å². The third-order valence-electron chi connectivity index (χ3n) is 5.46. The van der Waals surface area contributed by atoms with Gasteiger partial charge in [-0.05, 0) is 12.1 Å². The number of benzene rings is 1. The van der Waals surface area contributed by atoms with E-state index in [9.17, 15) is 9.59 Å². The Hall–Kier alpha value is -2.45. The summed E-state index contributed by atoms with van der Waals surface area (Å²) in [5.74, 6) is 1.12. The van der Waals surface area contributed by atoms with Crippen molar-refractivity contribution in [1.82, 2.24) is 24.7 Å². The Labute approximate surface area is 164 Å². The summed E-state index contributed by atoms with van der Waals surface area (Å²) < 4.78 is 5.32. The first-order valence-electron chi connectivity index (χ1n) is 9.98. The molecule has 150 valence electrons. The molecular formula is C20H27N5O3. The minimum atomic E-state index is 0.126. The van der Waals surface area contributed by atoms with Crippen molar-refractivity contribution in [1.29, 1.82) is 0 Å². The predicted octanol–water partition coefficient (Wildman–Crippen LogP) is 0.499. The van der Waals surface area contributed by atoms with E-state index in [0.717, 1.165) is 29.9 Å². The molecule has 2 saturated heterocycles. The van der Waals surface area contributed by atoms with Gasteiger partial charge in [0, 0.05) is 52.1 Å². The van der Waals surface area contributed by atoms with Gasteiger partial charge in [0.15, 0.2) is 0 Å². The van der Waals surface area contributed by atoms with E-state index in [4.69, 9.17) is 4.74 Å². The number of aromatic nitrogens is 2. The summed E-state index contributed by atoms with van der Waals surface area (Å²) in [6, 6.07) is 7.87. The third-order valence-corrected chi connectivity index (χ3v) is 5.46. The lowest BCUT2D eigenvalue weighted by molar-refractivity contribution is -0.140.